The molecule has 0 spiro atoms. The van der Waals surface area contributed by atoms with E-state index in [9.17, 15) is 4.79 Å². The zero-order valence-electron chi connectivity index (χ0n) is 21.0. The maximum absolute atomic E-state index is 12.0. The molecule has 0 saturated heterocycles. The molecule has 1 N–H and O–H groups in total. The Morgan fingerprint density at radius 1 is 0.919 bits per heavy atom. The van der Waals surface area contributed by atoms with Crippen molar-refractivity contribution in [1.29, 1.82) is 0 Å². The fourth-order valence-electron chi connectivity index (χ4n) is 4.09. The molecule has 7 nitrogen and oxygen atoms in total. The Morgan fingerprint density at radius 2 is 1.68 bits per heavy atom. The zero-order chi connectivity index (χ0) is 25.9. The number of methoxy groups -OCH3 is 1. The number of rotatable bonds is 14. The van der Waals surface area contributed by atoms with Crippen LogP contribution in [0.1, 0.15) is 25.1 Å². The Balaban J connectivity index is 1.21. The van der Waals surface area contributed by atoms with Gasteiger partial charge in [-0.05, 0) is 61.4 Å². The standard InChI is InChI=1S/C29H32ClN3O4/c1-35-26-11-6-7-12-27(26)36-20-19-33-25-10-5-4-9-24(25)32-28(33)13-3-2-8-18-31-29(34)21-37-23-16-14-22(30)15-17-23/h4-7,9-12,14-17H,2-3,8,13,18-21H2,1H3,(H,31,34). The molecule has 0 fully saturated rings. The predicted molar refractivity (Wildman–Crippen MR) is 146 cm³/mol. The SMILES string of the molecule is COc1ccccc1OCCn1c(CCCCCNC(=O)COc2ccc(Cl)cc2)nc2ccccc21. The first kappa shape index (κ1) is 26.4. The van der Waals surface area contributed by atoms with Gasteiger partial charge in [0.1, 0.15) is 18.2 Å². The number of aryl methyl sites for hydroxylation is 1. The summed E-state index contributed by atoms with van der Waals surface area (Å²) in [4.78, 5) is 16.9. The van der Waals surface area contributed by atoms with Gasteiger partial charge in [-0.2, -0.15) is 0 Å². The molecule has 37 heavy (non-hydrogen) atoms. The van der Waals surface area contributed by atoms with Gasteiger partial charge in [-0.25, -0.2) is 4.98 Å². The third-order valence-electron chi connectivity index (χ3n) is 5.96. The van der Waals surface area contributed by atoms with E-state index in [2.05, 4.69) is 16.0 Å². The van der Waals surface area contributed by atoms with E-state index < -0.39 is 0 Å². The second-order valence-electron chi connectivity index (χ2n) is 8.57. The third-order valence-corrected chi connectivity index (χ3v) is 6.21. The molecule has 0 atom stereocenters. The van der Waals surface area contributed by atoms with Crippen LogP contribution in [0.25, 0.3) is 11.0 Å². The number of amides is 1. The Morgan fingerprint density at radius 3 is 2.49 bits per heavy atom. The summed E-state index contributed by atoms with van der Waals surface area (Å²) in [6.45, 7) is 1.81. The Bertz CT molecular complexity index is 1290. The first-order chi connectivity index (χ1) is 18.1. The number of unbranched alkanes of at least 4 members (excludes halogenated alkanes) is 2. The molecule has 1 amide bonds. The van der Waals surface area contributed by atoms with E-state index in [0.717, 1.165) is 54.0 Å². The number of benzene rings is 3. The quantitative estimate of drug-likeness (QED) is 0.216. The highest BCUT2D eigenvalue weighted by Crippen LogP contribution is 2.26. The Hall–Kier alpha value is -3.71. The van der Waals surface area contributed by atoms with Crippen molar-refractivity contribution in [3.63, 3.8) is 0 Å². The van der Waals surface area contributed by atoms with Gasteiger partial charge in [0.25, 0.3) is 5.91 Å². The highest BCUT2D eigenvalue weighted by Gasteiger charge is 2.11. The van der Waals surface area contributed by atoms with E-state index in [1.165, 1.54) is 0 Å². The smallest absolute Gasteiger partial charge is 0.257 e. The highest BCUT2D eigenvalue weighted by atomic mass is 35.5. The summed E-state index contributed by atoms with van der Waals surface area (Å²) in [5, 5.41) is 3.54. The van der Waals surface area contributed by atoms with E-state index >= 15 is 0 Å². The number of hydrogen-bond acceptors (Lipinski definition) is 5. The van der Waals surface area contributed by atoms with Crippen LogP contribution in [0.15, 0.2) is 72.8 Å². The lowest BCUT2D eigenvalue weighted by atomic mass is 10.2. The maximum Gasteiger partial charge on any atom is 0.257 e. The molecule has 0 saturated carbocycles. The van der Waals surface area contributed by atoms with Crippen LogP contribution in [0, 0.1) is 0 Å². The minimum atomic E-state index is -0.133. The number of nitrogens with one attached hydrogen (secondary N) is 1. The fourth-order valence-corrected chi connectivity index (χ4v) is 4.22. The summed E-state index contributed by atoms with van der Waals surface area (Å²) in [7, 11) is 1.64. The fraction of sp³-hybridized carbons (Fsp3) is 0.310. The van der Waals surface area contributed by atoms with Crippen LogP contribution in [0.5, 0.6) is 17.2 Å². The van der Waals surface area contributed by atoms with Gasteiger partial charge in [0.05, 0.1) is 24.7 Å². The number of aromatic nitrogens is 2. The number of carbonyl (C=O) groups is 1. The second-order valence-corrected chi connectivity index (χ2v) is 9.01. The number of fused-ring (bicyclic) bond motifs is 1. The van der Waals surface area contributed by atoms with Crippen molar-refractivity contribution in [2.24, 2.45) is 0 Å². The second kappa shape index (κ2) is 13.6. The molecule has 8 heteroatoms. The number of hydrogen-bond donors (Lipinski definition) is 1. The van der Waals surface area contributed by atoms with Gasteiger partial charge in [0, 0.05) is 18.0 Å². The molecule has 0 aliphatic carbocycles. The molecule has 4 rings (SSSR count). The minimum absolute atomic E-state index is 0.0113. The molecular weight excluding hydrogens is 490 g/mol. The number of ether oxygens (including phenoxy) is 3. The van der Waals surface area contributed by atoms with Gasteiger partial charge in [-0.15, -0.1) is 0 Å². The van der Waals surface area contributed by atoms with Crippen molar-refractivity contribution < 1.29 is 19.0 Å². The molecule has 0 aliphatic heterocycles. The summed E-state index contributed by atoms with van der Waals surface area (Å²) in [6.07, 6.45) is 3.72. The first-order valence-corrected chi connectivity index (χ1v) is 12.9. The lowest BCUT2D eigenvalue weighted by molar-refractivity contribution is -0.123. The van der Waals surface area contributed by atoms with E-state index in [1.54, 1.807) is 31.4 Å². The normalized spacial score (nSPS) is 10.9. The number of nitrogens with zero attached hydrogens (tertiary/aromatic N) is 2. The van der Waals surface area contributed by atoms with E-state index in [-0.39, 0.29) is 12.5 Å². The lowest BCUT2D eigenvalue weighted by Gasteiger charge is -2.13. The van der Waals surface area contributed by atoms with Crippen molar-refractivity contribution in [2.45, 2.75) is 32.2 Å². The molecule has 0 radical (unpaired) electrons. The molecule has 3 aromatic carbocycles. The summed E-state index contributed by atoms with van der Waals surface area (Å²) in [6, 6.07) is 22.8. The van der Waals surface area contributed by atoms with Crippen molar-refractivity contribution in [1.82, 2.24) is 14.9 Å². The Labute approximate surface area is 222 Å². The molecule has 1 heterocycles. The van der Waals surface area contributed by atoms with Crippen LogP contribution in [0.2, 0.25) is 5.02 Å². The van der Waals surface area contributed by atoms with E-state index in [1.807, 2.05) is 42.5 Å². The summed E-state index contributed by atoms with van der Waals surface area (Å²) in [5.74, 6) is 2.99. The van der Waals surface area contributed by atoms with Crippen LogP contribution in [0.4, 0.5) is 0 Å². The van der Waals surface area contributed by atoms with Gasteiger partial charge in [0.15, 0.2) is 18.1 Å². The van der Waals surface area contributed by atoms with Crippen LogP contribution in [-0.2, 0) is 17.8 Å². The molecule has 4 aromatic rings. The van der Waals surface area contributed by atoms with Crippen molar-refractivity contribution >= 4 is 28.5 Å². The van der Waals surface area contributed by atoms with Crippen molar-refractivity contribution in [3.05, 3.63) is 83.6 Å². The number of imidazole rings is 1. The summed E-state index contributed by atoms with van der Waals surface area (Å²) >= 11 is 5.86. The molecule has 1 aromatic heterocycles. The van der Waals surface area contributed by atoms with Crippen molar-refractivity contribution in [3.8, 4) is 17.2 Å². The van der Waals surface area contributed by atoms with Gasteiger partial charge < -0.3 is 24.1 Å². The average molecular weight is 522 g/mol. The molecule has 0 aliphatic rings. The van der Waals surface area contributed by atoms with Gasteiger partial charge >= 0.3 is 0 Å². The van der Waals surface area contributed by atoms with Crippen LogP contribution < -0.4 is 19.5 Å². The topological polar surface area (TPSA) is 74.6 Å². The Kier molecular flexibility index (Phi) is 9.66. The first-order valence-electron chi connectivity index (χ1n) is 12.5. The predicted octanol–water partition coefficient (Wildman–Crippen LogP) is 5.69. The van der Waals surface area contributed by atoms with Gasteiger partial charge in [0.2, 0.25) is 0 Å². The van der Waals surface area contributed by atoms with Crippen LogP contribution in [0.3, 0.4) is 0 Å². The molecular formula is C29H32ClN3O4. The van der Waals surface area contributed by atoms with Crippen LogP contribution in [-0.4, -0.2) is 42.3 Å². The van der Waals surface area contributed by atoms with E-state index in [0.29, 0.717) is 30.5 Å². The number of halogens is 1. The molecule has 0 unspecified atom stereocenters. The lowest BCUT2D eigenvalue weighted by Crippen LogP contribution is -2.29. The van der Waals surface area contributed by atoms with Crippen molar-refractivity contribution in [2.75, 3.05) is 26.9 Å². The summed E-state index contributed by atoms with van der Waals surface area (Å²) in [5.41, 5.74) is 2.09. The zero-order valence-corrected chi connectivity index (χ0v) is 21.7. The average Bonchev–Trinajstić information content (AvgIpc) is 3.28. The van der Waals surface area contributed by atoms with Gasteiger partial charge in [-0.1, -0.05) is 42.3 Å². The van der Waals surface area contributed by atoms with Crippen LogP contribution >= 0.6 is 11.6 Å². The maximum atomic E-state index is 12.0. The highest BCUT2D eigenvalue weighted by molar-refractivity contribution is 6.30. The monoisotopic (exact) mass is 521 g/mol. The van der Waals surface area contributed by atoms with Gasteiger partial charge in [-0.3, -0.25) is 4.79 Å². The number of carbonyl (C=O) groups excluding carboxylic acids is 1. The largest absolute Gasteiger partial charge is 0.493 e. The summed E-state index contributed by atoms with van der Waals surface area (Å²) < 4.78 is 19.1. The number of para-hydroxylation sites is 4. The molecule has 0 bridgehead atoms. The van der Waals surface area contributed by atoms with E-state index in [4.69, 9.17) is 30.8 Å². The minimum Gasteiger partial charge on any atom is -0.493 e. The third kappa shape index (κ3) is 7.64. The molecule has 194 valence electrons.